The van der Waals surface area contributed by atoms with Crippen molar-refractivity contribution >= 4 is 5.97 Å². The number of rotatable bonds is 7. The van der Waals surface area contributed by atoms with Crippen LogP contribution in [0, 0.1) is 0 Å². The molecule has 0 aromatic rings. The first-order chi connectivity index (χ1) is 6.54. The number of carboxylic acid groups (broad SMARTS) is 1. The average molecular weight is 203 g/mol. The van der Waals surface area contributed by atoms with Gasteiger partial charge in [0.15, 0.2) is 0 Å². The molecule has 0 aromatic heterocycles. The number of carboxylic acids is 1. The van der Waals surface area contributed by atoms with Crippen LogP contribution in [0.1, 0.15) is 33.6 Å². The van der Waals surface area contributed by atoms with Gasteiger partial charge < -0.3 is 10.2 Å². The van der Waals surface area contributed by atoms with Gasteiger partial charge in [-0.05, 0) is 20.3 Å². The van der Waals surface area contributed by atoms with E-state index in [0.717, 1.165) is 6.42 Å². The molecule has 0 bridgehead atoms. The number of hydrogen-bond donors (Lipinski definition) is 2. The second-order valence-corrected chi connectivity index (χ2v) is 3.70. The Morgan fingerprint density at radius 1 is 1.43 bits per heavy atom. The van der Waals surface area contributed by atoms with Crippen LogP contribution < -0.4 is 0 Å². The maximum absolute atomic E-state index is 11.0. The minimum Gasteiger partial charge on any atom is -0.480 e. The first-order valence-corrected chi connectivity index (χ1v) is 5.14. The Hall–Kier alpha value is -0.610. The zero-order valence-electron chi connectivity index (χ0n) is 9.23. The molecule has 1 unspecified atom stereocenters. The van der Waals surface area contributed by atoms with Gasteiger partial charge in [0.2, 0.25) is 0 Å². The quantitative estimate of drug-likeness (QED) is 0.646. The Bertz CT molecular complexity index is 171. The van der Waals surface area contributed by atoms with Crippen LogP contribution in [-0.4, -0.2) is 46.3 Å². The van der Waals surface area contributed by atoms with Crippen LogP contribution in [0.5, 0.6) is 0 Å². The second kappa shape index (κ2) is 6.79. The predicted octanol–water partition coefficient (Wildman–Crippen LogP) is 0.942. The standard InChI is InChI=1S/C10H21NO3/c1-4-5-9(10(13)14)11(6-7-12)8(2)3/h8-9,12H,4-7H2,1-3H3,(H,13,14). The molecule has 2 N–H and O–H groups in total. The monoisotopic (exact) mass is 203 g/mol. The molecule has 1 atom stereocenters. The minimum absolute atomic E-state index is 0.00563. The third-order valence-electron chi connectivity index (χ3n) is 2.27. The van der Waals surface area contributed by atoms with Crippen LogP contribution in [0.15, 0.2) is 0 Å². The third-order valence-corrected chi connectivity index (χ3v) is 2.27. The number of aliphatic hydroxyl groups excluding tert-OH is 1. The fraction of sp³-hybridized carbons (Fsp3) is 0.900. The lowest BCUT2D eigenvalue weighted by Crippen LogP contribution is -2.46. The summed E-state index contributed by atoms with van der Waals surface area (Å²) in [5, 5.41) is 17.9. The van der Waals surface area contributed by atoms with Crippen molar-refractivity contribution in [2.45, 2.75) is 45.7 Å². The Morgan fingerprint density at radius 2 is 2.00 bits per heavy atom. The number of aliphatic carboxylic acids is 1. The molecule has 0 spiro atoms. The number of nitrogens with zero attached hydrogens (tertiary/aromatic N) is 1. The van der Waals surface area contributed by atoms with Gasteiger partial charge in [-0.2, -0.15) is 0 Å². The van der Waals surface area contributed by atoms with Crippen molar-refractivity contribution in [3.05, 3.63) is 0 Å². The van der Waals surface area contributed by atoms with Crippen LogP contribution in [0.25, 0.3) is 0 Å². The molecule has 14 heavy (non-hydrogen) atoms. The molecule has 0 aromatic carbocycles. The molecule has 0 heterocycles. The van der Waals surface area contributed by atoms with Gasteiger partial charge in [-0.15, -0.1) is 0 Å². The topological polar surface area (TPSA) is 60.8 Å². The molecule has 0 rings (SSSR count). The maximum atomic E-state index is 11.0. The molecule has 4 nitrogen and oxygen atoms in total. The zero-order chi connectivity index (χ0) is 11.1. The average Bonchev–Trinajstić information content (AvgIpc) is 2.10. The molecule has 0 amide bonds. The molecule has 0 aliphatic heterocycles. The summed E-state index contributed by atoms with van der Waals surface area (Å²) >= 11 is 0. The molecule has 0 fully saturated rings. The Balaban J connectivity index is 4.46. The van der Waals surface area contributed by atoms with Gasteiger partial charge in [0.25, 0.3) is 0 Å². The van der Waals surface area contributed by atoms with Crippen LogP contribution in [0.4, 0.5) is 0 Å². The van der Waals surface area contributed by atoms with Gasteiger partial charge in [0.1, 0.15) is 6.04 Å². The molecule has 0 radical (unpaired) electrons. The highest BCUT2D eigenvalue weighted by Crippen LogP contribution is 2.11. The van der Waals surface area contributed by atoms with E-state index in [0.29, 0.717) is 13.0 Å². The van der Waals surface area contributed by atoms with Gasteiger partial charge in [0.05, 0.1) is 6.61 Å². The first-order valence-electron chi connectivity index (χ1n) is 5.14. The zero-order valence-corrected chi connectivity index (χ0v) is 9.23. The van der Waals surface area contributed by atoms with Crippen LogP contribution in [0.2, 0.25) is 0 Å². The molecular weight excluding hydrogens is 182 g/mol. The summed E-state index contributed by atoms with van der Waals surface area (Å²) in [6, 6.07) is -0.318. The summed E-state index contributed by atoms with van der Waals surface area (Å²) in [4.78, 5) is 12.8. The third kappa shape index (κ3) is 4.07. The van der Waals surface area contributed by atoms with E-state index in [1.165, 1.54) is 0 Å². The summed E-state index contributed by atoms with van der Waals surface area (Å²) < 4.78 is 0. The van der Waals surface area contributed by atoms with Gasteiger partial charge in [-0.25, -0.2) is 0 Å². The van der Waals surface area contributed by atoms with Crippen molar-refractivity contribution in [3.63, 3.8) is 0 Å². The number of aliphatic hydroxyl groups is 1. The van der Waals surface area contributed by atoms with E-state index in [2.05, 4.69) is 0 Å². The van der Waals surface area contributed by atoms with E-state index in [9.17, 15) is 4.79 Å². The summed E-state index contributed by atoms with van der Waals surface area (Å²) in [5.74, 6) is -0.797. The van der Waals surface area contributed by atoms with Crippen molar-refractivity contribution in [2.75, 3.05) is 13.2 Å². The van der Waals surface area contributed by atoms with E-state index in [1.807, 2.05) is 25.7 Å². The summed E-state index contributed by atoms with van der Waals surface area (Å²) in [6.45, 7) is 6.29. The lowest BCUT2D eigenvalue weighted by molar-refractivity contribution is -0.144. The van der Waals surface area contributed by atoms with E-state index < -0.39 is 12.0 Å². The van der Waals surface area contributed by atoms with Crippen LogP contribution >= 0.6 is 0 Å². The van der Waals surface area contributed by atoms with Crippen molar-refractivity contribution in [1.29, 1.82) is 0 Å². The maximum Gasteiger partial charge on any atom is 0.320 e. The number of carbonyl (C=O) groups is 1. The van der Waals surface area contributed by atoms with Crippen molar-refractivity contribution < 1.29 is 15.0 Å². The van der Waals surface area contributed by atoms with Gasteiger partial charge in [-0.1, -0.05) is 13.3 Å². The highest BCUT2D eigenvalue weighted by atomic mass is 16.4. The Morgan fingerprint density at radius 3 is 2.29 bits per heavy atom. The van der Waals surface area contributed by atoms with E-state index in [-0.39, 0.29) is 12.6 Å². The predicted molar refractivity (Wildman–Crippen MR) is 55.3 cm³/mol. The summed E-state index contributed by atoms with van der Waals surface area (Å²) in [7, 11) is 0. The van der Waals surface area contributed by atoms with E-state index in [1.54, 1.807) is 0 Å². The Kier molecular flexibility index (Phi) is 6.49. The fourth-order valence-electron chi connectivity index (χ4n) is 1.59. The van der Waals surface area contributed by atoms with Gasteiger partial charge in [-0.3, -0.25) is 9.69 Å². The molecule has 4 heteroatoms. The van der Waals surface area contributed by atoms with E-state index in [4.69, 9.17) is 10.2 Å². The lowest BCUT2D eigenvalue weighted by Gasteiger charge is -2.31. The van der Waals surface area contributed by atoms with Crippen molar-refractivity contribution in [2.24, 2.45) is 0 Å². The summed E-state index contributed by atoms with van der Waals surface area (Å²) in [5.41, 5.74) is 0. The van der Waals surface area contributed by atoms with E-state index >= 15 is 0 Å². The summed E-state index contributed by atoms with van der Waals surface area (Å²) in [6.07, 6.45) is 1.47. The lowest BCUT2D eigenvalue weighted by atomic mass is 10.1. The molecule has 0 aliphatic rings. The molecule has 0 saturated heterocycles. The largest absolute Gasteiger partial charge is 0.480 e. The normalized spacial score (nSPS) is 13.6. The molecule has 0 aliphatic carbocycles. The molecular formula is C10H21NO3. The Labute approximate surface area is 85.5 Å². The number of hydrogen-bond acceptors (Lipinski definition) is 3. The van der Waals surface area contributed by atoms with Crippen molar-refractivity contribution in [3.8, 4) is 0 Å². The SMILES string of the molecule is CCCC(C(=O)O)N(CCO)C(C)C. The minimum atomic E-state index is -0.797. The second-order valence-electron chi connectivity index (χ2n) is 3.70. The highest BCUT2D eigenvalue weighted by molar-refractivity contribution is 5.73. The highest BCUT2D eigenvalue weighted by Gasteiger charge is 2.25. The van der Waals surface area contributed by atoms with Crippen LogP contribution in [0.3, 0.4) is 0 Å². The van der Waals surface area contributed by atoms with Crippen LogP contribution in [-0.2, 0) is 4.79 Å². The smallest absolute Gasteiger partial charge is 0.320 e. The fourth-order valence-corrected chi connectivity index (χ4v) is 1.59. The van der Waals surface area contributed by atoms with Crippen molar-refractivity contribution in [1.82, 2.24) is 4.90 Å². The van der Waals surface area contributed by atoms with Gasteiger partial charge in [0, 0.05) is 12.6 Å². The van der Waals surface area contributed by atoms with Gasteiger partial charge >= 0.3 is 5.97 Å². The first kappa shape index (κ1) is 13.4. The molecule has 0 saturated carbocycles. The molecule has 84 valence electrons.